The van der Waals surface area contributed by atoms with Gasteiger partial charge in [0.25, 0.3) is 0 Å². The second-order valence-corrected chi connectivity index (χ2v) is 5.83. The van der Waals surface area contributed by atoms with Crippen LogP contribution in [0.25, 0.3) is 0 Å². The summed E-state index contributed by atoms with van der Waals surface area (Å²) in [7, 11) is -3.17. The first-order valence-electron chi connectivity index (χ1n) is 4.54. The molecule has 5 heteroatoms. The van der Waals surface area contributed by atoms with E-state index < -0.39 is 10.0 Å². The molecule has 0 aliphatic rings. The van der Waals surface area contributed by atoms with Crippen LogP contribution < -0.4 is 4.72 Å². The molecule has 3 nitrogen and oxygen atoms in total. The van der Waals surface area contributed by atoms with E-state index in [0.717, 1.165) is 5.57 Å². The van der Waals surface area contributed by atoms with E-state index in [-0.39, 0.29) is 11.7 Å². The smallest absolute Gasteiger partial charge is 0.212 e. The molecule has 0 rings (SSSR count). The largest absolute Gasteiger partial charge is 0.212 e. The van der Waals surface area contributed by atoms with Crippen molar-refractivity contribution in [3.05, 3.63) is 11.6 Å². The fraction of sp³-hybridized carbons (Fsp3) is 0.778. The Morgan fingerprint density at radius 3 is 2.50 bits per heavy atom. The maximum absolute atomic E-state index is 11.4. The molecule has 0 aliphatic carbocycles. The van der Waals surface area contributed by atoms with Crippen LogP contribution in [-0.4, -0.2) is 26.6 Å². The number of hydrogen-bond donors (Lipinski definition) is 1. The highest BCUT2D eigenvalue weighted by molar-refractivity contribution is 7.89. The molecule has 0 spiro atoms. The molecule has 0 saturated carbocycles. The number of hydrogen-bond acceptors (Lipinski definition) is 2. The molecular formula is C9H18ClNO2S. The topological polar surface area (TPSA) is 46.2 Å². The van der Waals surface area contributed by atoms with Gasteiger partial charge in [-0.15, -0.1) is 11.6 Å². The van der Waals surface area contributed by atoms with Crippen molar-refractivity contribution in [3.63, 3.8) is 0 Å². The molecule has 0 saturated heterocycles. The van der Waals surface area contributed by atoms with Crippen LogP contribution in [-0.2, 0) is 10.0 Å². The molecular weight excluding hydrogens is 222 g/mol. The van der Waals surface area contributed by atoms with Gasteiger partial charge in [-0.3, -0.25) is 0 Å². The van der Waals surface area contributed by atoms with E-state index in [9.17, 15) is 8.42 Å². The van der Waals surface area contributed by atoms with Gasteiger partial charge in [0, 0.05) is 12.4 Å². The lowest BCUT2D eigenvalue weighted by atomic mass is 10.3. The van der Waals surface area contributed by atoms with Crippen molar-refractivity contribution < 1.29 is 8.42 Å². The van der Waals surface area contributed by atoms with Gasteiger partial charge >= 0.3 is 0 Å². The maximum atomic E-state index is 11.4. The molecule has 0 heterocycles. The number of sulfonamides is 1. The Balaban J connectivity index is 4.03. The molecule has 0 fully saturated rings. The third-order valence-corrected chi connectivity index (χ3v) is 3.72. The van der Waals surface area contributed by atoms with Crippen LogP contribution in [0, 0.1) is 5.92 Å². The highest BCUT2D eigenvalue weighted by atomic mass is 35.5. The quantitative estimate of drug-likeness (QED) is 0.567. The Bertz CT molecular complexity index is 281. The summed E-state index contributed by atoms with van der Waals surface area (Å²) >= 11 is 5.54. The van der Waals surface area contributed by atoms with E-state index in [1.165, 1.54) is 0 Å². The zero-order chi connectivity index (χ0) is 11.2. The van der Waals surface area contributed by atoms with Crippen LogP contribution >= 0.6 is 11.6 Å². The highest BCUT2D eigenvalue weighted by Crippen LogP contribution is 2.01. The van der Waals surface area contributed by atoms with Crippen molar-refractivity contribution in [1.29, 1.82) is 0 Å². The fourth-order valence-electron chi connectivity index (χ4n) is 0.851. The Labute approximate surface area is 91.6 Å². The molecule has 0 radical (unpaired) electrons. The van der Waals surface area contributed by atoms with E-state index in [0.29, 0.717) is 12.4 Å². The number of nitrogens with one attached hydrogen (secondary N) is 1. The zero-order valence-corrected chi connectivity index (χ0v) is 10.5. The Morgan fingerprint density at radius 2 is 2.07 bits per heavy atom. The van der Waals surface area contributed by atoms with Crippen LogP contribution in [0.5, 0.6) is 0 Å². The van der Waals surface area contributed by atoms with Gasteiger partial charge in [0.15, 0.2) is 0 Å². The molecule has 14 heavy (non-hydrogen) atoms. The van der Waals surface area contributed by atoms with Gasteiger partial charge in [-0.05, 0) is 19.8 Å². The van der Waals surface area contributed by atoms with E-state index >= 15 is 0 Å². The van der Waals surface area contributed by atoms with Crippen LogP contribution in [0.1, 0.15) is 20.8 Å². The Morgan fingerprint density at radius 1 is 1.50 bits per heavy atom. The summed E-state index contributed by atoms with van der Waals surface area (Å²) in [6.07, 6.45) is 1.84. The predicted molar refractivity (Wildman–Crippen MR) is 61.1 cm³/mol. The van der Waals surface area contributed by atoms with Crippen molar-refractivity contribution in [2.24, 2.45) is 5.92 Å². The second-order valence-electron chi connectivity index (χ2n) is 3.67. The average molecular weight is 240 g/mol. The lowest BCUT2D eigenvalue weighted by molar-refractivity contribution is 0.572. The van der Waals surface area contributed by atoms with Gasteiger partial charge in [0.1, 0.15) is 0 Å². The van der Waals surface area contributed by atoms with E-state index in [1.807, 2.05) is 26.8 Å². The molecule has 0 aromatic carbocycles. The van der Waals surface area contributed by atoms with Crippen molar-refractivity contribution >= 4 is 21.6 Å². The summed E-state index contributed by atoms with van der Waals surface area (Å²) in [5.41, 5.74) is 1.10. The first-order chi connectivity index (χ1) is 6.37. The Hall–Kier alpha value is -0.0600. The predicted octanol–water partition coefficient (Wildman–Crippen LogP) is 1.75. The standard InChI is InChI=1S/C9H18ClNO2S/c1-8(2)4-5-11-14(12,13)7-9(3)6-10/h4,9,11H,5-7H2,1-3H3. The van der Waals surface area contributed by atoms with Gasteiger partial charge in [-0.1, -0.05) is 18.6 Å². The van der Waals surface area contributed by atoms with Gasteiger partial charge in [-0.25, -0.2) is 13.1 Å². The summed E-state index contributed by atoms with van der Waals surface area (Å²) in [6, 6.07) is 0. The van der Waals surface area contributed by atoms with Crippen LogP contribution in [0.4, 0.5) is 0 Å². The summed E-state index contributed by atoms with van der Waals surface area (Å²) in [5, 5.41) is 0. The fourth-order valence-corrected chi connectivity index (χ4v) is 2.41. The molecule has 0 aliphatic heterocycles. The first-order valence-corrected chi connectivity index (χ1v) is 6.72. The molecule has 0 aromatic heterocycles. The van der Waals surface area contributed by atoms with Crippen LogP contribution in [0.2, 0.25) is 0 Å². The van der Waals surface area contributed by atoms with Gasteiger partial charge < -0.3 is 0 Å². The summed E-state index contributed by atoms with van der Waals surface area (Å²) in [5.74, 6) is 0.442. The number of rotatable bonds is 6. The molecule has 0 aromatic rings. The average Bonchev–Trinajstić information content (AvgIpc) is 2.02. The SMILES string of the molecule is CC(C)=CCNS(=O)(=O)CC(C)CCl. The lowest BCUT2D eigenvalue weighted by Gasteiger charge is -2.08. The molecule has 0 bridgehead atoms. The van der Waals surface area contributed by atoms with Gasteiger partial charge in [0.05, 0.1) is 5.75 Å². The minimum atomic E-state index is -3.17. The van der Waals surface area contributed by atoms with Crippen LogP contribution in [0.3, 0.4) is 0 Å². The van der Waals surface area contributed by atoms with E-state index in [4.69, 9.17) is 11.6 Å². The Kier molecular flexibility index (Phi) is 6.40. The molecule has 0 amide bonds. The van der Waals surface area contributed by atoms with Crippen molar-refractivity contribution in [3.8, 4) is 0 Å². The molecule has 84 valence electrons. The molecule has 1 unspecified atom stereocenters. The van der Waals surface area contributed by atoms with Crippen molar-refractivity contribution in [1.82, 2.24) is 4.72 Å². The molecule has 1 N–H and O–H groups in total. The normalized spacial score (nSPS) is 13.7. The lowest BCUT2D eigenvalue weighted by Crippen LogP contribution is -2.29. The number of halogens is 1. The minimum absolute atomic E-state index is 0.0131. The van der Waals surface area contributed by atoms with Crippen molar-refractivity contribution in [2.75, 3.05) is 18.2 Å². The van der Waals surface area contributed by atoms with Crippen LogP contribution in [0.15, 0.2) is 11.6 Å². The monoisotopic (exact) mass is 239 g/mol. The number of alkyl halides is 1. The maximum Gasteiger partial charge on any atom is 0.212 e. The van der Waals surface area contributed by atoms with Gasteiger partial charge in [0.2, 0.25) is 10.0 Å². The highest BCUT2D eigenvalue weighted by Gasteiger charge is 2.13. The first kappa shape index (κ1) is 13.9. The van der Waals surface area contributed by atoms with Crippen molar-refractivity contribution in [2.45, 2.75) is 20.8 Å². The molecule has 1 atom stereocenters. The summed E-state index contributed by atoms with van der Waals surface area (Å²) in [6.45, 7) is 6.03. The summed E-state index contributed by atoms with van der Waals surface area (Å²) < 4.78 is 25.3. The second kappa shape index (κ2) is 6.43. The van der Waals surface area contributed by atoms with Gasteiger partial charge in [-0.2, -0.15) is 0 Å². The summed E-state index contributed by atoms with van der Waals surface area (Å²) in [4.78, 5) is 0. The third kappa shape index (κ3) is 7.35. The number of allylic oxidation sites excluding steroid dienone is 1. The third-order valence-electron chi connectivity index (χ3n) is 1.58. The minimum Gasteiger partial charge on any atom is -0.212 e. The zero-order valence-electron chi connectivity index (χ0n) is 8.88. The van der Waals surface area contributed by atoms with E-state index in [1.54, 1.807) is 0 Å². The van der Waals surface area contributed by atoms with E-state index in [2.05, 4.69) is 4.72 Å².